The molecule has 0 heterocycles. The quantitative estimate of drug-likeness (QED) is 0.655. The monoisotopic (exact) mass is 260 g/mol. The third kappa shape index (κ3) is 2.08. The smallest absolute Gasteiger partial charge is 0.142 e. The van der Waals surface area contributed by atoms with Gasteiger partial charge in [-0.1, -0.05) is 25.7 Å². The third-order valence-electron chi connectivity index (χ3n) is 6.79. The summed E-state index contributed by atoms with van der Waals surface area (Å²) in [6, 6.07) is 0. The normalized spacial score (nSPS) is 46.2. The van der Waals surface area contributed by atoms with Crippen LogP contribution in [-0.4, -0.2) is 5.78 Å². The zero-order valence-corrected chi connectivity index (χ0v) is 12.2. The van der Waals surface area contributed by atoms with Gasteiger partial charge in [0.15, 0.2) is 0 Å². The first-order chi connectivity index (χ1) is 9.25. The summed E-state index contributed by atoms with van der Waals surface area (Å²) in [6.07, 6.45) is 15.9. The first-order valence-corrected chi connectivity index (χ1v) is 8.79. The molecule has 0 atom stereocenters. The Balaban J connectivity index is 1.55. The van der Waals surface area contributed by atoms with Crippen molar-refractivity contribution in [2.45, 2.75) is 77.0 Å². The van der Waals surface area contributed by atoms with Gasteiger partial charge in [-0.15, -0.1) is 0 Å². The third-order valence-corrected chi connectivity index (χ3v) is 6.79. The molecule has 0 saturated heterocycles. The van der Waals surface area contributed by atoms with Gasteiger partial charge in [0, 0.05) is 11.3 Å². The highest BCUT2D eigenvalue weighted by Gasteiger charge is 2.55. The molecule has 1 nitrogen and oxygen atoms in total. The van der Waals surface area contributed by atoms with Crippen LogP contribution in [0.15, 0.2) is 0 Å². The van der Waals surface area contributed by atoms with Gasteiger partial charge in [-0.2, -0.15) is 0 Å². The van der Waals surface area contributed by atoms with Crippen molar-refractivity contribution in [2.75, 3.05) is 0 Å². The van der Waals surface area contributed by atoms with Gasteiger partial charge < -0.3 is 0 Å². The predicted molar refractivity (Wildman–Crippen MR) is 76.8 cm³/mol. The summed E-state index contributed by atoms with van der Waals surface area (Å²) < 4.78 is 0. The van der Waals surface area contributed by atoms with E-state index in [0.29, 0.717) is 5.92 Å². The fourth-order valence-electron chi connectivity index (χ4n) is 6.39. The van der Waals surface area contributed by atoms with Crippen molar-refractivity contribution in [3.05, 3.63) is 0 Å². The SMILES string of the molecule is O=C(C1CCCCCC1)C12CC3CC(CC(C3)C1)C2. The topological polar surface area (TPSA) is 17.1 Å². The fraction of sp³-hybridized carbons (Fsp3) is 0.944. The Morgan fingerprint density at radius 2 is 1.21 bits per heavy atom. The van der Waals surface area contributed by atoms with Crippen molar-refractivity contribution in [1.29, 1.82) is 0 Å². The molecular formula is C18H28O. The zero-order chi connectivity index (χ0) is 12.9. The van der Waals surface area contributed by atoms with E-state index in [9.17, 15) is 4.79 Å². The highest BCUT2D eigenvalue weighted by molar-refractivity contribution is 5.87. The van der Waals surface area contributed by atoms with Crippen LogP contribution in [0.1, 0.15) is 77.0 Å². The van der Waals surface area contributed by atoms with Crippen molar-refractivity contribution < 1.29 is 4.79 Å². The van der Waals surface area contributed by atoms with Crippen molar-refractivity contribution >= 4 is 5.78 Å². The standard InChI is InChI=1S/C18H28O/c19-17(16-5-3-1-2-4-6-16)18-10-13-7-14(11-18)9-15(8-13)12-18/h13-16H,1-12H2. The summed E-state index contributed by atoms with van der Waals surface area (Å²) in [5.74, 6) is 3.93. The molecule has 0 unspecified atom stereocenters. The minimum Gasteiger partial charge on any atom is -0.299 e. The molecule has 0 aromatic rings. The largest absolute Gasteiger partial charge is 0.299 e. The molecule has 0 N–H and O–H groups in total. The van der Waals surface area contributed by atoms with Crippen molar-refractivity contribution in [3.63, 3.8) is 0 Å². The van der Waals surface area contributed by atoms with Gasteiger partial charge in [0.1, 0.15) is 5.78 Å². The van der Waals surface area contributed by atoms with Crippen molar-refractivity contribution in [2.24, 2.45) is 29.1 Å². The highest BCUT2D eigenvalue weighted by Crippen LogP contribution is 2.61. The van der Waals surface area contributed by atoms with Crippen molar-refractivity contribution in [3.8, 4) is 0 Å². The van der Waals surface area contributed by atoms with E-state index in [1.54, 1.807) is 0 Å². The number of hydrogen-bond donors (Lipinski definition) is 0. The van der Waals surface area contributed by atoms with Gasteiger partial charge in [-0.05, 0) is 69.1 Å². The summed E-state index contributed by atoms with van der Waals surface area (Å²) in [5, 5.41) is 0. The number of carbonyl (C=O) groups is 1. The Bertz CT molecular complexity index is 327. The molecular weight excluding hydrogens is 232 g/mol. The maximum atomic E-state index is 13.2. The number of carbonyl (C=O) groups excluding carboxylic acids is 1. The lowest BCUT2D eigenvalue weighted by molar-refractivity contribution is -0.148. The van der Waals surface area contributed by atoms with Crippen LogP contribution in [-0.2, 0) is 4.79 Å². The molecule has 0 aromatic carbocycles. The number of ketones is 1. The molecule has 0 aromatic heterocycles. The Hall–Kier alpha value is -0.330. The molecule has 0 amide bonds. The van der Waals surface area contributed by atoms with E-state index in [0.717, 1.165) is 23.5 Å². The van der Waals surface area contributed by atoms with E-state index in [2.05, 4.69) is 0 Å². The summed E-state index contributed by atoms with van der Waals surface area (Å²) in [7, 11) is 0. The van der Waals surface area contributed by atoms with Crippen LogP contribution in [0.5, 0.6) is 0 Å². The molecule has 0 aliphatic heterocycles. The van der Waals surface area contributed by atoms with Crippen LogP contribution in [0.3, 0.4) is 0 Å². The number of hydrogen-bond acceptors (Lipinski definition) is 1. The Kier molecular flexibility index (Phi) is 3.01. The van der Waals surface area contributed by atoms with E-state index in [4.69, 9.17) is 0 Å². The Morgan fingerprint density at radius 1 is 0.737 bits per heavy atom. The first kappa shape index (κ1) is 12.4. The zero-order valence-electron chi connectivity index (χ0n) is 12.2. The summed E-state index contributed by atoms with van der Waals surface area (Å²) in [4.78, 5) is 13.2. The molecule has 0 radical (unpaired) electrons. The van der Waals surface area contributed by atoms with Gasteiger partial charge in [0.25, 0.3) is 0 Å². The van der Waals surface area contributed by atoms with Gasteiger partial charge in [-0.25, -0.2) is 0 Å². The molecule has 1 heteroatoms. The minimum atomic E-state index is 0.170. The molecule has 5 saturated carbocycles. The summed E-state index contributed by atoms with van der Waals surface area (Å²) >= 11 is 0. The minimum absolute atomic E-state index is 0.170. The lowest BCUT2D eigenvalue weighted by Crippen LogP contribution is -2.51. The van der Waals surface area contributed by atoms with E-state index < -0.39 is 0 Å². The molecule has 0 spiro atoms. The average Bonchev–Trinajstić information content (AvgIpc) is 2.65. The molecule has 106 valence electrons. The lowest BCUT2D eigenvalue weighted by Gasteiger charge is -2.56. The van der Waals surface area contributed by atoms with Crippen LogP contribution < -0.4 is 0 Å². The van der Waals surface area contributed by atoms with Crippen LogP contribution in [0.25, 0.3) is 0 Å². The van der Waals surface area contributed by atoms with Gasteiger partial charge in [0.05, 0.1) is 0 Å². The number of rotatable bonds is 2. The molecule has 5 aliphatic rings. The van der Waals surface area contributed by atoms with Crippen LogP contribution in [0.2, 0.25) is 0 Å². The first-order valence-electron chi connectivity index (χ1n) is 8.79. The second kappa shape index (κ2) is 4.60. The van der Waals surface area contributed by atoms with E-state index in [1.165, 1.54) is 77.0 Å². The van der Waals surface area contributed by atoms with Gasteiger partial charge in [0.2, 0.25) is 0 Å². The van der Waals surface area contributed by atoms with Crippen LogP contribution >= 0.6 is 0 Å². The lowest BCUT2D eigenvalue weighted by atomic mass is 9.47. The average molecular weight is 260 g/mol. The predicted octanol–water partition coefficient (Wildman–Crippen LogP) is 4.74. The maximum Gasteiger partial charge on any atom is 0.142 e. The van der Waals surface area contributed by atoms with E-state index in [-0.39, 0.29) is 5.41 Å². The van der Waals surface area contributed by atoms with Gasteiger partial charge >= 0.3 is 0 Å². The molecule has 5 aliphatic carbocycles. The van der Waals surface area contributed by atoms with E-state index in [1.807, 2.05) is 0 Å². The molecule has 19 heavy (non-hydrogen) atoms. The van der Waals surface area contributed by atoms with Crippen LogP contribution in [0, 0.1) is 29.1 Å². The van der Waals surface area contributed by atoms with Crippen LogP contribution in [0.4, 0.5) is 0 Å². The molecule has 5 fully saturated rings. The maximum absolute atomic E-state index is 13.2. The molecule has 5 rings (SSSR count). The second-order valence-corrected chi connectivity index (χ2v) is 8.25. The summed E-state index contributed by atoms with van der Waals surface area (Å²) in [5.41, 5.74) is 0.170. The second-order valence-electron chi connectivity index (χ2n) is 8.25. The van der Waals surface area contributed by atoms with Crippen molar-refractivity contribution in [1.82, 2.24) is 0 Å². The van der Waals surface area contributed by atoms with Gasteiger partial charge in [-0.3, -0.25) is 4.79 Å². The number of Topliss-reactive ketones (excluding diaryl/α,β-unsaturated/α-hetero) is 1. The fourth-order valence-corrected chi connectivity index (χ4v) is 6.39. The Labute approximate surface area is 117 Å². The molecule has 4 bridgehead atoms. The Morgan fingerprint density at radius 3 is 1.68 bits per heavy atom. The van der Waals surface area contributed by atoms with E-state index >= 15 is 0 Å². The highest BCUT2D eigenvalue weighted by atomic mass is 16.1. The summed E-state index contributed by atoms with van der Waals surface area (Å²) in [6.45, 7) is 0.